The van der Waals surface area contributed by atoms with Gasteiger partial charge in [0, 0.05) is 31.4 Å². The lowest BCUT2D eigenvalue weighted by molar-refractivity contribution is -0.141. The highest BCUT2D eigenvalue weighted by Gasteiger charge is 2.35. The van der Waals surface area contributed by atoms with E-state index in [0.717, 1.165) is 50.3 Å². The van der Waals surface area contributed by atoms with Crippen molar-refractivity contribution >= 4 is 17.7 Å². The SMILES string of the molecule is CCN(CC)c1ccc2c(c1)OC(=O)C(CCOC(=O)NCC1CCCNC1)C2C. The molecule has 1 aromatic rings. The van der Waals surface area contributed by atoms with Gasteiger partial charge in [0.1, 0.15) is 5.75 Å². The van der Waals surface area contributed by atoms with E-state index >= 15 is 0 Å². The summed E-state index contributed by atoms with van der Waals surface area (Å²) in [6.07, 6.45) is 2.30. The fraction of sp³-hybridized carbons (Fsp3) is 0.652. The maximum Gasteiger partial charge on any atom is 0.407 e. The molecule has 2 aliphatic heterocycles. The van der Waals surface area contributed by atoms with Crippen LogP contribution < -0.4 is 20.3 Å². The van der Waals surface area contributed by atoms with E-state index in [1.807, 2.05) is 13.0 Å². The molecule has 0 bridgehead atoms. The summed E-state index contributed by atoms with van der Waals surface area (Å²) in [4.78, 5) is 26.8. The highest BCUT2D eigenvalue weighted by Crippen LogP contribution is 2.40. The number of fused-ring (bicyclic) bond motifs is 1. The van der Waals surface area contributed by atoms with Gasteiger partial charge in [0.05, 0.1) is 12.5 Å². The fourth-order valence-corrected chi connectivity index (χ4v) is 4.40. The van der Waals surface area contributed by atoms with E-state index in [1.54, 1.807) is 0 Å². The van der Waals surface area contributed by atoms with Gasteiger partial charge in [0.25, 0.3) is 0 Å². The molecular weight excluding hydrogens is 382 g/mol. The molecule has 30 heavy (non-hydrogen) atoms. The van der Waals surface area contributed by atoms with Crippen molar-refractivity contribution in [3.05, 3.63) is 23.8 Å². The number of hydrogen-bond donors (Lipinski definition) is 2. The number of carbonyl (C=O) groups excluding carboxylic acids is 2. The third-order valence-corrected chi connectivity index (χ3v) is 6.33. The maximum atomic E-state index is 12.6. The standard InChI is InChI=1S/C23H35N3O4/c1-4-26(5-2)18-8-9-19-16(3)20(22(27)30-21(19)13-18)10-12-29-23(28)25-15-17-7-6-11-24-14-17/h8-9,13,16-17,20,24H,4-7,10-12,14-15H2,1-3H3,(H,25,28). The fourth-order valence-electron chi connectivity index (χ4n) is 4.40. The number of nitrogens with one attached hydrogen (secondary N) is 2. The zero-order chi connectivity index (χ0) is 21.5. The van der Waals surface area contributed by atoms with E-state index in [0.29, 0.717) is 24.6 Å². The molecular formula is C23H35N3O4. The maximum absolute atomic E-state index is 12.6. The Labute approximate surface area is 179 Å². The third kappa shape index (κ3) is 5.45. The summed E-state index contributed by atoms with van der Waals surface area (Å²) in [7, 11) is 0. The van der Waals surface area contributed by atoms with Gasteiger partial charge in [0.15, 0.2) is 0 Å². The monoisotopic (exact) mass is 417 g/mol. The van der Waals surface area contributed by atoms with Crippen LogP contribution in [0.3, 0.4) is 0 Å². The molecule has 1 saturated heterocycles. The predicted octanol–water partition coefficient (Wildman–Crippen LogP) is 3.29. The van der Waals surface area contributed by atoms with Crippen LogP contribution in [0.15, 0.2) is 18.2 Å². The lowest BCUT2D eigenvalue weighted by atomic mass is 9.83. The molecule has 0 spiro atoms. The predicted molar refractivity (Wildman–Crippen MR) is 117 cm³/mol. The molecule has 7 heteroatoms. The lowest BCUT2D eigenvalue weighted by Crippen LogP contribution is -2.38. The van der Waals surface area contributed by atoms with Gasteiger partial charge >= 0.3 is 12.1 Å². The van der Waals surface area contributed by atoms with Gasteiger partial charge in [-0.1, -0.05) is 13.0 Å². The zero-order valence-corrected chi connectivity index (χ0v) is 18.4. The number of ether oxygens (including phenoxy) is 2. The van der Waals surface area contributed by atoms with Crippen molar-refractivity contribution in [2.24, 2.45) is 11.8 Å². The van der Waals surface area contributed by atoms with E-state index in [-0.39, 0.29) is 24.4 Å². The van der Waals surface area contributed by atoms with Crippen LogP contribution in [0, 0.1) is 11.8 Å². The van der Waals surface area contributed by atoms with Crippen LogP contribution in [-0.2, 0) is 9.53 Å². The largest absolute Gasteiger partial charge is 0.450 e. The quantitative estimate of drug-likeness (QED) is 0.499. The molecule has 2 N–H and O–H groups in total. The van der Waals surface area contributed by atoms with Crippen molar-refractivity contribution in [1.29, 1.82) is 0 Å². The molecule has 2 aliphatic rings. The Hall–Kier alpha value is -2.28. The highest BCUT2D eigenvalue weighted by molar-refractivity contribution is 5.80. The molecule has 3 atom stereocenters. The van der Waals surface area contributed by atoms with Crippen molar-refractivity contribution < 1.29 is 19.1 Å². The molecule has 1 fully saturated rings. The van der Waals surface area contributed by atoms with Crippen LogP contribution in [0.25, 0.3) is 0 Å². The summed E-state index contributed by atoms with van der Waals surface area (Å²) in [6.45, 7) is 10.9. The number of nitrogens with zero attached hydrogens (tertiary/aromatic N) is 1. The molecule has 0 saturated carbocycles. The van der Waals surface area contributed by atoms with Gasteiger partial charge < -0.3 is 25.0 Å². The number of alkyl carbamates (subject to hydrolysis) is 1. The van der Waals surface area contributed by atoms with Crippen molar-refractivity contribution in [2.45, 2.75) is 46.0 Å². The van der Waals surface area contributed by atoms with Gasteiger partial charge in [-0.05, 0) is 69.7 Å². The molecule has 3 unspecified atom stereocenters. The lowest BCUT2D eigenvalue weighted by Gasteiger charge is -2.31. The first-order valence-corrected chi connectivity index (χ1v) is 11.2. The van der Waals surface area contributed by atoms with Crippen LogP contribution >= 0.6 is 0 Å². The normalized spacial score (nSPS) is 23.3. The van der Waals surface area contributed by atoms with Gasteiger partial charge in [-0.3, -0.25) is 4.79 Å². The van der Waals surface area contributed by atoms with E-state index in [1.165, 1.54) is 0 Å². The average molecular weight is 418 g/mol. The molecule has 1 amide bonds. The first-order chi connectivity index (χ1) is 14.5. The molecule has 2 heterocycles. The average Bonchev–Trinajstić information content (AvgIpc) is 2.76. The summed E-state index contributed by atoms with van der Waals surface area (Å²) in [5, 5.41) is 6.17. The first-order valence-electron chi connectivity index (χ1n) is 11.2. The molecule has 0 aliphatic carbocycles. The molecule has 1 aromatic carbocycles. The summed E-state index contributed by atoms with van der Waals surface area (Å²) in [5.41, 5.74) is 2.09. The summed E-state index contributed by atoms with van der Waals surface area (Å²) in [5.74, 6) is 0.563. The summed E-state index contributed by atoms with van der Waals surface area (Å²) < 4.78 is 11.0. The third-order valence-electron chi connectivity index (χ3n) is 6.33. The van der Waals surface area contributed by atoms with Crippen molar-refractivity contribution in [3.63, 3.8) is 0 Å². The van der Waals surface area contributed by atoms with Crippen LogP contribution in [0.4, 0.5) is 10.5 Å². The number of anilines is 1. The zero-order valence-electron chi connectivity index (χ0n) is 18.4. The van der Waals surface area contributed by atoms with Crippen molar-refractivity contribution in [1.82, 2.24) is 10.6 Å². The molecule has 166 valence electrons. The van der Waals surface area contributed by atoms with Crippen LogP contribution in [0.1, 0.15) is 51.5 Å². The second kappa shape index (κ2) is 10.7. The van der Waals surface area contributed by atoms with E-state index in [9.17, 15) is 9.59 Å². The van der Waals surface area contributed by atoms with Gasteiger partial charge in [-0.2, -0.15) is 0 Å². The van der Waals surface area contributed by atoms with Crippen molar-refractivity contribution in [3.8, 4) is 5.75 Å². The number of hydrogen-bond acceptors (Lipinski definition) is 6. The van der Waals surface area contributed by atoms with Crippen LogP contribution in [0.5, 0.6) is 5.75 Å². The Morgan fingerprint density at radius 1 is 1.33 bits per heavy atom. The van der Waals surface area contributed by atoms with E-state index in [4.69, 9.17) is 9.47 Å². The number of benzene rings is 1. The number of carbonyl (C=O) groups is 2. The Kier molecular flexibility index (Phi) is 7.96. The Balaban J connectivity index is 1.50. The Morgan fingerprint density at radius 2 is 2.13 bits per heavy atom. The Morgan fingerprint density at radius 3 is 2.83 bits per heavy atom. The van der Waals surface area contributed by atoms with Gasteiger partial charge in [-0.25, -0.2) is 4.79 Å². The van der Waals surface area contributed by atoms with E-state index < -0.39 is 6.09 Å². The first kappa shape index (κ1) is 22.4. The number of amides is 1. The topological polar surface area (TPSA) is 79.9 Å². The van der Waals surface area contributed by atoms with Crippen LogP contribution in [0.2, 0.25) is 0 Å². The van der Waals surface area contributed by atoms with Crippen LogP contribution in [-0.4, -0.2) is 51.4 Å². The van der Waals surface area contributed by atoms with Gasteiger partial charge in [-0.15, -0.1) is 0 Å². The second-order valence-corrected chi connectivity index (χ2v) is 8.23. The molecule has 0 aromatic heterocycles. The van der Waals surface area contributed by atoms with E-state index in [2.05, 4.69) is 41.5 Å². The molecule has 3 rings (SSSR count). The highest BCUT2D eigenvalue weighted by atomic mass is 16.6. The summed E-state index contributed by atoms with van der Waals surface area (Å²) in [6, 6.07) is 6.10. The smallest absolute Gasteiger partial charge is 0.407 e. The van der Waals surface area contributed by atoms with Gasteiger partial charge in [0.2, 0.25) is 0 Å². The minimum absolute atomic E-state index is 0.0203. The molecule has 0 radical (unpaired) electrons. The second-order valence-electron chi connectivity index (χ2n) is 8.23. The molecule has 7 nitrogen and oxygen atoms in total. The minimum atomic E-state index is -0.415. The number of esters is 1. The Bertz CT molecular complexity index is 729. The minimum Gasteiger partial charge on any atom is -0.450 e. The number of piperidine rings is 1. The van der Waals surface area contributed by atoms with Crippen molar-refractivity contribution in [2.75, 3.05) is 44.2 Å². The number of rotatable bonds is 8. The summed E-state index contributed by atoms with van der Waals surface area (Å²) >= 11 is 0.